The van der Waals surface area contributed by atoms with Gasteiger partial charge in [-0.2, -0.15) is 0 Å². The molecular formula is C31H26N2O6S. The molecule has 0 fully saturated rings. The van der Waals surface area contributed by atoms with Gasteiger partial charge in [-0.25, -0.2) is 4.98 Å². The van der Waals surface area contributed by atoms with E-state index in [9.17, 15) is 14.7 Å². The molecule has 0 bridgehead atoms. The maximum atomic E-state index is 14.0. The van der Waals surface area contributed by atoms with E-state index in [0.717, 1.165) is 21.3 Å². The Morgan fingerprint density at radius 2 is 1.90 bits per heavy atom. The van der Waals surface area contributed by atoms with Crippen LogP contribution < -0.4 is 14.4 Å². The predicted molar refractivity (Wildman–Crippen MR) is 154 cm³/mol. The van der Waals surface area contributed by atoms with Crippen molar-refractivity contribution in [3.8, 4) is 11.5 Å². The molecule has 9 heteroatoms. The second-order valence-corrected chi connectivity index (χ2v) is 10.6. The Morgan fingerprint density at radius 3 is 2.62 bits per heavy atom. The van der Waals surface area contributed by atoms with E-state index in [1.165, 1.54) is 23.3 Å². The van der Waals surface area contributed by atoms with Crippen molar-refractivity contribution in [3.63, 3.8) is 0 Å². The van der Waals surface area contributed by atoms with E-state index in [2.05, 4.69) is 0 Å². The molecule has 1 aliphatic heterocycles. The highest BCUT2D eigenvalue weighted by molar-refractivity contribution is 7.22. The minimum atomic E-state index is -0.937. The van der Waals surface area contributed by atoms with Gasteiger partial charge < -0.3 is 19.0 Å². The molecule has 6 rings (SSSR count). The first-order valence-corrected chi connectivity index (χ1v) is 13.6. The smallest absolute Gasteiger partial charge is 0.296 e. The molecule has 5 aromatic rings. The van der Waals surface area contributed by atoms with E-state index < -0.39 is 23.5 Å². The lowest BCUT2D eigenvalue weighted by molar-refractivity contribution is -0.117. The van der Waals surface area contributed by atoms with Gasteiger partial charge in [-0.05, 0) is 67.8 Å². The molecule has 1 unspecified atom stereocenters. The van der Waals surface area contributed by atoms with Gasteiger partial charge in [-0.15, -0.1) is 0 Å². The summed E-state index contributed by atoms with van der Waals surface area (Å²) in [5.41, 5.74) is 3.76. The number of para-hydroxylation sites is 1. The molecule has 2 aromatic heterocycles. The highest BCUT2D eigenvalue weighted by Gasteiger charge is 2.46. The van der Waals surface area contributed by atoms with Crippen LogP contribution in [0.3, 0.4) is 0 Å². The first-order chi connectivity index (χ1) is 19.3. The summed E-state index contributed by atoms with van der Waals surface area (Å²) in [6.07, 6.45) is 0. The number of thiazole rings is 1. The molecule has 1 aliphatic rings. The first kappa shape index (κ1) is 25.6. The summed E-state index contributed by atoms with van der Waals surface area (Å²) in [5, 5.41) is 12.2. The summed E-state index contributed by atoms with van der Waals surface area (Å²) in [6.45, 7) is 6.36. The van der Waals surface area contributed by atoms with Crippen LogP contribution in [-0.4, -0.2) is 35.5 Å². The van der Waals surface area contributed by atoms with Gasteiger partial charge in [0.15, 0.2) is 28.0 Å². The van der Waals surface area contributed by atoms with Crippen molar-refractivity contribution >= 4 is 49.3 Å². The fraction of sp³-hybridized carbons (Fsp3) is 0.194. The number of carbonyl (C=O) groups excluding carboxylic acids is 2. The Bertz CT molecular complexity index is 1830. The van der Waals surface area contributed by atoms with Crippen LogP contribution in [0.1, 0.15) is 40.2 Å². The number of fused-ring (bicyclic) bond motifs is 2. The van der Waals surface area contributed by atoms with Crippen molar-refractivity contribution in [2.75, 3.05) is 18.6 Å². The van der Waals surface area contributed by atoms with Gasteiger partial charge in [0.05, 0.1) is 35.5 Å². The van der Waals surface area contributed by atoms with Crippen LogP contribution in [0.5, 0.6) is 11.5 Å². The fourth-order valence-corrected chi connectivity index (χ4v) is 6.33. The predicted octanol–water partition coefficient (Wildman–Crippen LogP) is 6.85. The zero-order chi connectivity index (χ0) is 28.1. The normalized spacial score (nSPS) is 15.4. The number of ether oxygens (including phenoxy) is 2. The number of nitrogens with zero attached hydrogens (tertiary/aromatic N) is 2. The molecule has 3 aromatic carbocycles. The summed E-state index contributed by atoms with van der Waals surface area (Å²) in [6, 6.07) is 17.1. The molecule has 40 heavy (non-hydrogen) atoms. The Hall–Kier alpha value is -4.63. The minimum absolute atomic E-state index is 0.0117. The third-order valence-corrected chi connectivity index (χ3v) is 7.94. The lowest BCUT2D eigenvalue weighted by Crippen LogP contribution is -2.30. The number of hydrogen-bond acceptors (Lipinski definition) is 8. The van der Waals surface area contributed by atoms with Crippen LogP contribution in [0.4, 0.5) is 5.13 Å². The third-order valence-electron chi connectivity index (χ3n) is 6.94. The van der Waals surface area contributed by atoms with Crippen molar-refractivity contribution in [1.29, 1.82) is 0 Å². The number of aliphatic hydroxyl groups excluding tert-OH is 1. The van der Waals surface area contributed by atoms with Crippen molar-refractivity contribution < 1.29 is 28.6 Å². The standard InChI is InChI=1S/C31H26N2O6S/c1-5-38-20-11-9-18(10-12-20)26-24(27(34)22-15-19-7-6-8-21(37-4)29(19)39-22)28(35)30(36)33(26)31-32-25-17(3)13-16(2)14-23(25)40-31/h6-15,26,35H,5H2,1-4H3. The number of hydrogen-bond donors (Lipinski definition) is 1. The van der Waals surface area contributed by atoms with E-state index in [-0.39, 0.29) is 11.3 Å². The number of amides is 1. The third kappa shape index (κ3) is 4.10. The zero-order valence-electron chi connectivity index (χ0n) is 22.3. The largest absolute Gasteiger partial charge is 0.503 e. The maximum absolute atomic E-state index is 14.0. The average molecular weight is 555 g/mol. The van der Waals surface area contributed by atoms with E-state index >= 15 is 0 Å². The summed E-state index contributed by atoms with van der Waals surface area (Å²) in [7, 11) is 1.52. The van der Waals surface area contributed by atoms with Crippen LogP contribution >= 0.6 is 11.3 Å². The Morgan fingerprint density at radius 1 is 1.12 bits per heavy atom. The highest BCUT2D eigenvalue weighted by Crippen LogP contribution is 2.45. The molecule has 0 saturated heterocycles. The molecule has 1 N–H and O–H groups in total. The quantitative estimate of drug-likeness (QED) is 0.220. The number of benzene rings is 3. The lowest BCUT2D eigenvalue weighted by atomic mass is 9.95. The van der Waals surface area contributed by atoms with Crippen molar-refractivity contribution in [3.05, 3.63) is 94.4 Å². The van der Waals surface area contributed by atoms with Gasteiger partial charge in [-0.3, -0.25) is 14.5 Å². The highest BCUT2D eigenvalue weighted by atomic mass is 32.1. The van der Waals surface area contributed by atoms with Gasteiger partial charge in [-0.1, -0.05) is 41.7 Å². The van der Waals surface area contributed by atoms with Crippen molar-refractivity contribution in [2.45, 2.75) is 26.8 Å². The van der Waals surface area contributed by atoms with Gasteiger partial charge in [0, 0.05) is 5.39 Å². The molecule has 1 amide bonds. The summed E-state index contributed by atoms with van der Waals surface area (Å²) < 4.78 is 17.8. The molecule has 8 nitrogen and oxygen atoms in total. The number of carbonyl (C=O) groups is 2. The first-order valence-electron chi connectivity index (χ1n) is 12.8. The van der Waals surface area contributed by atoms with E-state index in [4.69, 9.17) is 18.9 Å². The second-order valence-electron chi connectivity index (χ2n) is 9.59. The number of methoxy groups -OCH3 is 1. The van der Waals surface area contributed by atoms with E-state index in [1.54, 1.807) is 48.5 Å². The molecule has 0 spiro atoms. The van der Waals surface area contributed by atoms with Crippen LogP contribution in [0, 0.1) is 13.8 Å². The van der Waals surface area contributed by atoms with Crippen LogP contribution in [0.15, 0.2) is 76.4 Å². The SMILES string of the molecule is CCOc1ccc(C2C(C(=O)c3cc4cccc(OC)c4o3)=C(O)C(=O)N2c2nc3c(C)cc(C)cc3s2)cc1. The van der Waals surface area contributed by atoms with Gasteiger partial charge >= 0.3 is 0 Å². The maximum Gasteiger partial charge on any atom is 0.296 e. The number of rotatable bonds is 7. The summed E-state index contributed by atoms with van der Waals surface area (Å²) >= 11 is 1.34. The molecular weight excluding hydrogens is 528 g/mol. The van der Waals surface area contributed by atoms with Crippen LogP contribution in [-0.2, 0) is 4.79 Å². The van der Waals surface area contributed by atoms with Crippen LogP contribution in [0.25, 0.3) is 21.2 Å². The Balaban J connectivity index is 1.50. The van der Waals surface area contributed by atoms with Crippen LogP contribution in [0.2, 0.25) is 0 Å². The van der Waals surface area contributed by atoms with E-state index in [1.807, 2.05) is 32.9 Å². The van der Waals surface area contributed by atoms with Crippen molar-refractivity contribution in [2.24, 2.45) is 0 Å². The number of ketones is 1. The average Bonchev–Trinajstić information content (AvgIpc) is 3.63. The molecule has 1 atom stereocenters. The molecule has 202 valence electrons. The van der Waals surface area contributed by atoms with Gasteiger partial charge in [0.1, 0.15) is 5.75 Å². The van der Waals surface area contributed by atoms with Gasteiger partial charge in [0.25, 0.3) is 5.91 Å². The second kappa shape index (κ2) is 9.84. The van der Waals surface area contributed by atoms with Crippen molar-refractivity contribution in [1.82, 2.24) is 4.98 Å². The number of aryl methyl sites for hydroxylation is 2. The lowest BCUT2D eigenvalue weighted by Gasteiger charge is -2.24. The number of anilines is 1. The fourth-order valence-electron chi connectivity index (χ4n) is 5.17. The Labute approximate surface area is 234 Å². The van der Waals surface area contributed by atoms with E-state index in [0.29, 0.717) is 39.8 Å². The topological polar surface area (TPSA) is 102 Å². The summed E-state index contributed by atoms with van der Waals surface area (Å²) in [4.78, 5) is 33.8. The summed E-state index contributed by atoms with van der Waals surface area (Å²) in [5.74, 6) is -0.824. The molecule has 0 aliphatic carbocycles. The van der Waals surface area contributed by atoms with Gasteiger partial charge in [0.2, 0.25) is 5.78 Å². The number of furan rings is 1. The minimum Gasteiger partial charge on any atom is -0.503 e. The zero-order valence-corrected chi connectivity index (χ0v) is 23.2. The number of aliphatic hydroxyl groups is 1. The number of aromatic nitrogens is 1. The molecule has 3 heterocycles. The Kier molecular flexibility index (Phi) is 6.31. The molecule has 0 saturated carbocycles. The monoisotopic (exact) mass is 554 g/mol. The number of Topliss-reactive ketones (excluding diaryl/α,β-unsaturated/α-hetero) is 1. The molecule has 0 radical (unpaired) electrons.